The highest BCUT2D eigenvalue weighted by Crippen LogP contribution is 2.40. The maximum Gasteiger partial charge on any atom is 0.331 e. The van der Waals surface area contributed by atoms with Gasteiger partial charge in [0.15, 0.2) is 0 Å². The first-order chi connectivity index (χ1) is 20.7. The van der Waals surface area contributed by atoms with Crippen LogP contribution in [-0.2, 0) is 49.0 Å². The number of pyridine rings is 2. The van der Waals surface area contributed by atoms with Crippen LogP contribution in [0.5, 0.6) is 5.75 Å². The van der Waals surface area contributed by atoms with Gasteiger partial charge in [0.25, 0.3) is 17.4 Å². The second kappa shape index (κ2) is 10.9. The lowest BCUT2D eigenvalue weighted by Gasteiger charge is -2.32. The zero-order valence-corrected chi connectivity index (χ0v) is 24.1. The molecule has 3 aliphatic rings. The molecule has 2 amide bonds. The first-order valence-electron chi connectivity index (χ1n) is 14.6. The number of nitrogens with two attached hydrogens (primary N) is 1. The molecule has 1 aromatic carbocycles. The Morgan fingerprint density at radius 2 is 1.81 bits per heavy atom. The number of carbonyl (C=O) groups excluding carboxylic acids is 4. The minimum atomic E-state index is -1.39. The SMILES string of the molecule is CCc1c2c(nc3ccc(OC(=O)CCCCCN4C(=O)C=CC4=O)cc13)-c1cc3c(c(=O)n1C2)COC(=O)[C@]3(N)CC. The highest BCUT2D eigenvalue weighted by molar-refractivity contribution is 6.12. The number of esters is 2. The van der Waals surface area contributed by atoms with Gasteiger partial charge in [0.2, 0.25) is 0 Å². The number of rotatable bonds is 9. The lowest BCUT2D eigenvalue weighted by molar-refractivity contribution is -0.154. The van der Waals surface area contributed by atoms with Crippen molar-refractivity contribution >= 4 is 34.7 Å². The lowest BCUT2D eigenvalue weighted by atomic mass is 9.83. The van der Waals surface area contributed by atoms with Gasteiger partial charge in [0.05, 0.1) is 29.0 Å². The second-order valence-corrected chi connectivity index (χ2v) is 11.1. The maximum atomic E-state index is 13.6. The van der Waals surface area contributed by atoms with E-state index in [1.807, 2.05) is 19.1 Å². The minimum absolute atomic E-state index is 0.109. The summed E-state index contributed by atoms with van der Waals surface area (Å²) < 4.78 is 12.6. The normalized spacial score (nSPS) is 18.6. The predicted molar refractivity (Wildman–Crippen MR) is 156 cm³/mol. The van der Waals surface area contributed by atoms with Gasteiger partial charge in [0, 0.05) is 36.1 Å². The topological polar surface area (TPSA) is 151 Å². The van der Waals surface area contributed by atoms with Crippen molar-refractivity contribution in [3.05, 3.63) is 69.0 Å². The van der Waals surface area contributed by atoms with Crippen LogP contribution >= 0.6 is 0 Å². The summed E-state index contributed by atoms with van der Waals surface area (Å²) in [4.78, 5) is 68.1. The van der Waals surface area contributed by atoms with Crippen LogP contribution in [0, 0.1) is 0 Å². The Bertz CT molecular complexity index is 1790. The molecule has 43 heavy (non-hydrogen) atoms. The van der Waals surface area contributed by atoms with E-state index >= 15 is 0 Å². The Labute approximate surface area is 247 Å². The van der Waals surface area contributed by atoms with Crippen molar-refractivity contribution < 1.29 is 28.7 Å². The summed E-state index contributed by atoms with van der Waals surface area (Å²) in [6, 6.07) is 7.12. The van der Waals surface area contributed by atoms with Crippen molar-refractivity contribution in [2.24, 2.45) is 5.73 Å². The molecule has 5 heterocycles. The number of ether oxygens (including phenoxy) is 2. The van der Waals surface area contributed by atoms with Crippen molar-refractivity contribution in [3.8, 4) is 17.1 Å². The summed E-state index contributed by atoms with van der Waals surface area (Å²) in [5, 5.41) is 0.839. The number of hydrogen-bond acceptors (Lipinski definition) is 9. The third-order valence-electron chi connectivity index (χ3n) is 8.63. The molecule has 2 aromatic heterocycles. The molecule has 0 saturated carbocycles. The Kier molecular flexibility index (Phi) is 7.21. The first-order valence-corrected chi connectivity index (χ1v) is 14.6. The molecule has 222 valence electrons. The van der Waals surface area contributed by atoms with Gasteiger partial charge in [-0.3, -0.25) is 24.1 Å². The number of imide groups is 1. The quantitative estimate of drug-likeness (QED) is 0.135. The van der Waals surface area contributed by atoms with Gasteiger partial charge in [-0.05, 0) is 61.1 Å². The summed E-state index contributed by atoms with van der Waals surface area (Å²) >= 11 is 0. The highest BCUT2D eigenvalue weighted by Gasteiger charge is 2.44. The second-order valence-electron chi connectivity index (χ2n) is 11.1. The number of benzene rings is 1. The molecule has 2 N–H and O–H groups in total. The van der Waals surface area contributed by atoms with Crippen LogP contribution in [0.1, 0.15) is 68.2 Å². The molecule has 0 saturated heterocycles. The molecule has 11 nitrogen and oxygen atoms in total. The minimum Gasteiger partial charge on any atom is -0.459 e. The van der Waals surface area contributed by atoms with E-state index in [4.69, 9.17) is 20.2 Å². The van der Waals surface area contributed by atoms with Crippen LogP contribution in [0.2, 0.25) is 0 Å². The van der Waals surface area contributed by atoms with Gasteiger partial charge in [-0.15, -0.1) is 0 Å². The van der Waals surface area contributed by atoms with E-state index in [2.05, 4.69) is 0 Å². The van der Waals surface area contributed by atoms with Crippen LogP contribution in [-0.4, -0.2) is 44.7 Å². The van der Waals surface area contributed by atoms with Crippen molar-refractivity contribution in [2.45, 2.75) is 71.1 Å². The molecule has 0 bridgehead atoms. The standard InChI is InChI=1S/C32H32N4O7/c1-3-19-20-14-18(43-28(39)8-6-5-7-13-35-26(37)11-12-27(35)38)9-10-24(20)34-29-21(19)16-36-25(29)15-23-22(30(36)40)17-42-31(41)32(23,33)4-2/h9-12,14-15H,3-8,13,16-17,33H2,1-2H3/t32-/m0/s1. The molecule has 0 aliphatic carbocycles. The smallest absolute Gasteiger partial charge is 0.331 e. The van der Waals surface area contributed by atoms with Gasteiger partial charge in [-0.25, -0.2) is 9.78 Å². The lowest BCUT2D eigenvalue weighted by Crippen LogP contribution is -2.50. The molecule has 0 spiro atoms. The van der Waals surface area contributed by atoms with Crippen molar-refractivity contribution in [3.63, 3.8) is 0 Å². The van der Waals surface area contributed by atoms with Crippen LogP contribution in [0.25, 0.3) is 22.3 Å². The molecular weight excluding hydrogens is 552 g/mol. The van der Waals surface area contributed by atoms with E-state index in [1.165, 1.54) is 17.1 Å². The number of amides is 2. The molecule has 3 aromatic rings. The molecule has 11 heteroatoms. The third-order valence-corrected chi connectivity index (χ3v) is 8.63. The van der Waals surface area contributed by atoms with E-state index in [9.17, 15) is 24.0 Å². The molecule has 6 rings (SSSR count). The van der Waals surface area contributed by atoms with Crippen molar-refractivity contribution in [1.29, 1.82) is 0 Å². The van der Waals surface area contributed by atoms with Crippen molar-refractivity contribution in [1.82, 2.24) is 14.5 Å². The Morgan fingerprint density at radius 3 is 2.53 bits per heavy atom. The van der Waals surface area contributed by atoms with Gasteiger partial charge in [0.1, 0.15) is 17.9 Å². The van der Waals surface area contributed by atoms with E-state index in [0.29, 0.717) is 79.0 Å². The summed E-state index contributed by atoms with van der Waals surface area (Å²) in [5.74, 6) is -1.11. The molecule has 0 radical (unpaired) electrons. The van der Waals surface area contributed by atoms with Crippen LogP contribution in [0.15, 0.2) is 41.2 Å². The third kappa shape index (κ3) is 4.73. The fourth-order valence-electron chi connectivity index (χ4n) is 6.20. The van der Waals surface area contributed by atoms with E-state index in [-0.39, 0.29) is 36.4 Å². The van der Waals surface area contributed by atoms with Crippen LogP contribution in [0.3, 0.4) is 0 Å². The average Bonchev–Trinajstić information content (AvgIpc) is 3.52. The Morgan fingerprint density at radius 1 is 1.05 bits per heavy atom. The molecule has 0 unspecified atom stereocenters. The van der Waals surface area contributed by atoms with E-state index < -0.39 is 11.5 Å². The zero-order chi connectivity index (χ0) is 30.5. The largest absolute Gasteiger partial charge is 0.459 e. The number of hydrogen-bond donors (Lipinski definition) is 1. The van der Waals surface area contributed by atoms with Crippen molar-refractivity contribution in [2.75, 3.05) is 6.54 Å². The highest BCUT2D eigenvalue weighted by atomic mass is 16.5. The zero-order valence-electron chi connectivity index (χ0n) is 24.1. The predicted octanol–water partition coefficient (Wildman–Crippen LogP) is 3.00. The number of aryl methyl sites for hydroxylation is 1. The van der Waals surface area contributed by atoms with Gasteiger partial charge < -0.3 is 19.8 Å². The van der Waals surface area contributed by atoms with E-state index in [1.54, 1.807) is 23.6 Å². The fourth-order valence-corrected chi connectivity index (χ4v) is 6.20. The molecule has 3 aliphatic heterocycles. The number of cyclic esters (lactones) is 1. The number of unbranched alkanes of at least 4 members (excludes halogenated alkanes) is 2. The van der Waals surface area contributed by atoms with Gasteiger partial charge in [-0.2, -0.15) is 0 Å². The molecule has 1 atom stereocenters. The number of nitrogens with zero attached hydrogens (tertiary/aromatic N) is 3. The molecule has 0 fully saturated rings. The number of fused-ring (bicyclic) bond motifs is 5. The maximum absolute atomic E-state index is 13.6. The molecular formula is C32H32N4O7. The van der Waals surface area contributed by atoms with Gasteiger partial charge >= 0.3 is 11.9 Å². The number of aromatic nitrogens is 2. The fraction of sp³-hybridized carbons (Fsp3) is 0.375. The van der Waals surface area contributed by atoms with Crippen LogP contribution < -0.4 is 16.0 Å². The summed E-state index contributed by atoms with van der Waals surface area (Å²) in [7, 11) is 0. The summed E-state index contributed by atoms with van der Waals surface area (Å²) in [6.45, 7) is 4.37. The Balaban J connectivity index is 1.21. The summed E-state index contributed by atoms with van der Waals surface area (Å²) in [6.07, 6.45) is 5.54. The Hall–Kier alpha value is -4.64. The number of carbonyl (C=O) groups is 4. The summed E-state index contributed by atoms with van der Waals surface area (Å²) in [5.41, 5.74) is 9.64. The van der Waals surface area contributed by atoms with Crippen LogP contribution in [0.4, 0.5) is 0 Å². The monoisotopic (exact) mass is 584 g/mol. The average molecular weight is 585 g/mol. The van der Waals surface area contributed by atoms with Gasteiger partial charge in [-0.1, -0.05) is 20.3 Å². The first kappa shape index (κ1) is 28.5. The van der Waals surface area contributed by atoms with E-state index in [0.717, 1.165) is 16.5 Å².